The van der Waals surface area contributed by atoms with Gasteiger partial charge >= 0.3 is 0 Å². The van der Waals surface area contributed by atoms with Crippen molar-refractivity contribution < 1.29 is 14.2 Å². The summed E-state index contributed by atoms with van der Waals surface area (Å²) in [6.07, 6.45) is 2.97. The molecule has 0 radical (unpaired) electrons. The zero-order chi connectivity index (χ0) is 16.2. The number of ether oxygens (including phenoxy) is 3. The Bertz CT molecular complexity index is 531. The van der Waals surface area contributed by atoms with Crippen molar-refractivity contribution in [2.75, 3.05) is 39.6 Å². The molecule has 23 heavy (non-hydrogen) atoms. The smallest absolute Gasteiger partial charge is 0.113 e. The summed E-state index contributed by atoms with van der Waals surface area (Å²) in [4.78, 5) is 0. The fourth-order valence-corrected chi connectivity index (χ4v) is 1.99. The fourth-order valence-electron chi connectivity index (χ4n) is 1.99. The topological polar surface area (TPSA) is 58.4 Å². The van der Waals surface area contributed by atoms with Crippen LogP contribution in [-0.4, -0.2) is 54.6 Å². The molecule has 126 valence electrons. The monoisotopic (exact) mass is 319 g/mol. The number of hydrogen-bond donors (Lipinski definition) is 0. The van der Waals surface area contributed by atoms with Gasteiger partial charge in [0, 0.05) is 12.2 Å². The van der Waals surface area contributed by atoms with Crippen molar-refractivity contribution in [3.05, 3.63) is 36.5 Å². The molecule has 0 atom stereocenters. The first-order valence-electron chi connectivity index (χ1n) is 8.09. The minimum Gasteiger partial charge on any atom is -0.379 e. The van der Waals surface area contributed by atoms with Gasteiger partial charge in [0.15, 0.2) is 0 Å². The molecule has 0 aliphatic heterocycles. The van der Waals surface area contributed by atoms with Crippen LogP contribution in [0.1, 0.15) is 13.3 Å². The maximum Gasteiger partial charge on any atom is 0.113 e. The van der Waals surface area contributed by atoms with Crippen LogP contribution in [-0.2, 0) is 20.8 Å². The van der Waals surface area contributed by atoms with Crippen LogP contribution in [0.15, 0.2) is 36.5 Å². The van der Waals surface area contributed by atoms with Crippen molar-refractivity contribution in [1.82, 2.24) is 15.0 Å². The molecular weight excluding hydrogens is 294 g/mol. The number of rotatable bonds is 12. The SMILES string of the molecule is CCCOCCOCCOCCn1cc(-c2ccccc2)nn1. The van der Waals surface area contributed by atoms with Gasteiger partial charge < -0.3 is 14.2 Å². The van der Waals surface area contributed by atoms with E-state index in [0.717, 1.165) is 24.3 Å². The van der Waals surface area contributed by atoms with Gasteiger partial charge in [-0.15, -0.1) is 5.10 Å². The Hall–Kier alpha value is -1.76. The quantitative estimate of drug-likeness (QED) is 0.562. The highest BCUT2D eigenvalue weighted by Crippen LogP contribution is 2.14. The molecule has 0 amide bonds. The van der Waals surface area contributed by atoms with E-state index in [-0.39, 0.29) is 0 Å². The summed E-state index contributed by atoms with van der Waals surface area (Å²) < 4.78 is 18.1. The van der Waals surface area contributed by atoms with Gasteiger partial charge in [0.05, 0.1) is 45.8 Å². The zero-order valence-electron chi connectivity index (χ0n) is 13.7. The van der Waals surface area contributed by atoms with Gasteiger partial charge in [-0.3, -0.25) is 0 Å². The van der Waals surface area contributed by atoms with Gasteiger partial charge in [-0.1, -0.05) is 42.5 Å². The molecule has 1 aromatic heterocycles. The highest BCUT2D eigenvalue weighted by molar-refractivity contribution is 5.56. The number of hydrogen-bond acceptors (Lipinski definition) is 5. The average Bonchev–Trinajstić information content (AvgIpc) is 3.06. The third-order valence-corrected chi connectivity index (χ3v) is 3.17. The van der Waals surface area contributed by atoms with Crippen molar-refractivity contribution in [1.29, 1.82) is 0 Å². The van der Waals surface area contributed by atoms with Crippen LogP contribution < -0.4 is 0 Å². The highest BCUT2D eigenvalue weighted by atomic mass is 16.5. The van der Waals surface area contributed by atoms with Gasteiger partial charge in [0.2, 0.25) is 0 Å². The predicted octanol–water partition coefficient (Wildman–Crippen LogP) is 2.40. The summed E-state index contributed by atoms with van der Waals surface area (Å²) >= 11 is 0. The van der Waals surface area contributed by atoms with E-state index in [1.54, 1.807) is 4.68 Å². The second-order valence-corrected chi connectivity index (χ2v) is 5.07. The van der Waals surface area contributed by atoms with E-state index in [4.69, 9.17) is 14.2 Å². The summed E-state index contributed by atoms with van der Waals surface area (Å²) in [6, 6.07) is 10.0. The summed E-state index contributed by atoms with van der Waals surface area (Å²) in [5, 5.41) is 8.28. The van der Waals surface area contributed by atoms with E-state index in [1.807, 2.05) is 36.5 Å². The lowest BCUT2D eigenvalue weighted by atomic mass is 10.2. The van der Waals surface area contributed by atoms with Gasteiger partial charge in [-0.05, 0) is 6.42 Å². The molecule has 1 heterocycles. The molecular formula is C17H25N3O3. The third kappa shape index (κ3) is 6.90. The summed E-state index contributed by atoms with van der Waals surface area (Å²) in [6.45, 7) is 6.58. The Kier molecular flexibility index (Phi) is 8.32. The van der Waals surface area contributed by atoms with Crippen LogP contribution in [0.4, 0.5) is 0 Å². The highest BCUT2D eigenvalue weighted by Gasteiger charge is 2.02. The van der Waals surface area contributed by atoms with Crippen LogP contribution >= 0.6 is 0 Å². The van der Waals surface area contributed by atoms with Crippen molar-refractivity contribution in [2.24, 2.45) is 0 Å². The van der Waals surface area contributed by atoms with Crippen LogP contribution in [0.25, 0.3) is 11.3 Å². The maximum absolute atomic E-state index is 5.53. The van der Waals surface area contributed by atoms with Crippen molar-refractivity contribution >= 4 is 0 Å². The van der Waals surface area contributed by atoms with E-state index in [2.05, 4.69) is 17.2 Å². The van der Waals surface area contributed by atoms with Crippen LogP contribution in [0.2, 0.25) is 0 Å². The molecule has 0 fully saturated rings. The molecule has 0 unspecified atom stereocenters. The molecule has 0 aliphatic rings. The maximum atomic E-state index is 5.53. The molecule has 0 aliphatic carbocycles. The van der Waals surface area contributed by atoms with Crippen molar-refractivity contribution in [2.45, 2.75) is 19.9 Å². The Labute approximate surface area is 137 Å². The van der Waals surface area contributed by atoms with E-state index >= 15 is 0 Å². The van der Waals surface area contributed by atoms with Gasteiger partial charge in [-0.2, -0.15) is 0 Å². The lowest BCUT2D eigenvalue weighted by molar-refractivity contribution is 0.0128. The zero-order valence-corrected chi connectivity index (χ0v) is 13.7. The number of aromatic nitrogens is 3. The molecule has 6 heteroatoms. The fraction of sp³-hybridized carbons (Fsp3) is 0.529. The van der Waals surface area contributed by atoms with Gasteiger partial charge in [0.1, 0.15) is 5.69 Å². The number of nitrogens with zero attached hydrogens (tertiary/aromatic N) is 3. The molecule has 0 N–H and O–H groups in total. The molecule has 2 rings (SSSR count). The molecule has 0 bridgehead atoms. The van der Waals surface area contributed by atoms with Crippen LogP contribution in [0.5, 0.6) is 0 Å². The second-order valence-electron chi connectivity index (χ2n) is 5.07. The first-order valence-corrected chi connectivity index (χ1v) is 8.09. The van der Waals surface area contributed by atoms with Crippen LogP contribution in [0, 0.1) is 0 Å². The first kappa shape index (κ1) is 17.6. The van der Waals surface area contributed by atoms with E-state index in [9.17, 15) is 0 Å². The van der Waals surface area contributed by atoms with Crippen molar-refractivity contribution in [3.8, 4) is 11.3 Å². The van der Waals surface area contributed by atoms with Gasteiger partial charge in [0.25, 0.3) is 0 Å². The standard InChI is InChI=1S/C17H25N3O3/c1-2-9-21-11-13-23-14-12-22-10-8-20-15-17(18-19-20)16-6-4-3-5-7-16/h3-7,15H,2,8-14H2,1H3. The lowest BCUT2D eigenvalue weighted by Crippen LogP contribution is -2.12. The second kappa shape index (κ2) is 10.9. The van der Waals surface area contributed by atoms with E-state index in [0.29, 0.717) is 39.6 Å². The van der Waals surface area contributed by atoms with Gasteiger partial charge in [-0.25, -0.2) is 4.68 Å². The van der Waals surface area contributed by atoms with E-state index in [1.165, 1.54) is 0 Å². The normalized spacial score (nSPS) is 11.0. The van der Waals surface area contributed by atoms with E-state index < -0.39 is 0 Å². The number of benzene rings is 1. The summed E-state index contributed by atoms with van der Waals surface area (Å²) in [7, 11) is 0. The molecule has 6 nitrogen and oxygen atoms in total. The lowest BCUT2D eigenvalue weighted by Gasteiger charge is -2.06. The molecule has 2 aromatic rings. The average molecular weight is 319 g/mol. The van der Waals surface area contributed by atoms with Crippen molar-refractivity contribution in [3.63, 3.8) is 0 Å². The Balaban J connectivity index is 1.53. The van der Waals surface area contributed by atoms with Crippen LogP contribution in [0.3, 0.4) is 0 Å². The Morgan fingerprint density at radius 3 is 2.22 bits per heavy atom. The summed E-state index contributed by atoms with van der Waals surface area (Å²) in [5.74, 6) is 0. The molecule has 0 spiro atoms. The Morgan fingerprint density at radius 1 is 0.870 bits per heavy atom. The third-order valence-electron chi connectivity index (χ3n) is 3.17. The molecule has 0 saturated carbocycles. The minimum atomic E-state index is 0.577. The predicted molar refractivity (Wildman–Crippen MR) is 88.2 cm³/mol. The molecule has 0 saturated heterocycles. The Morgan fingerprint density at radius 2 is 1.52 bits per heavy atom. The first-order chi connectivity index (χ1) is 11.4. The summed E-state index contributed by atoms with van der Waals surface area (Å²) in [5.41, 5.74) is 1.94. The molecule has 1 aromatic carbocycles. The minimum absolute atomic E-state index is 0.577. The largest absolute Gasteiger partial charge is 0.379 e.